The highest BCUT2D eigenvalue weighted by Gasteiger charge is 2.47. The average Bonchev–Trinajstić information content (AvgIpc) is 2.83. The molecule has 0 bridgehead atoms. The van der Waals surface area contributed by atoms with Crippen molar-refractivity contribution in [2.75, 3.05) is 25.6 Å². The lowest BCUT2D eigenvalue weighted by Gasteiger charge is -2.38. The van der Waals surface area contributed by atoms with Crippen LogP contribution in [0.2, 0.25) is 0 Å². The normalized spacial score (nSPS) is 18.9. The molecule has 1 aromatic heterocycles. The Kier molecular flexibility index (Phi) is 7.52. The van der Waals surface area contributed by atoms with Gasteiger partial charge < -0.3 is 20.1 Å². The monoisotopic (exact) mass is 526 g/mol. The van der Waals surface area contributed by atoms with E-state index >= 15 is 0 Å². The van der Waals surface area contributed by atoms with E-state index in [0.717, 1.165) is 17.1 Å². The van der Waals surface area contributed by atoms with Gasteiger partial charge in [0.15, 0.2) is 0 Å². The molecule has 0 amide bonds. The number of halogens is 1. The van der Waals surface area contributed by atoms with E-state index in [2.05, 4.69) is 14.7 Å². The number of aliphatic hydroxyl groups is 1. The molecule has 0 saturated carbocycles. The fourth-order valence-corrected chi connectivity index (χ4v) is 6.17. The summed E-state index contributed by atoms with van der Waals surface area (Å²) in [5.41, 5.74) is 1.24. The third-order valence-electron chi connectivity index (χ3n) is 6.20. The number of nitrogens with one attached hydrogen (secondary N) is 1. The van der Waals surface area contributed by atoms with Crippen LogP contribution < -0.4 is 10.2 Å². The number of hydrogen-bond acceptors (Lipinski definition) is 7. The number of aliphatic hydroxyl groups excluding tert-OH is 1. The van der Waals surface area contributed by atoms with E-state index in [4.69, 9.17) is 4.74 Å². The van der Waals surface area contributed by atoms with Gasteiger partial charge in [0.05, 0.1) is 11.7 Å². The van der Waals surface area contributed by atoms with E-state index < -0.39 is 32.7 Å². The Labute approximate surface area is 216 Å². The predicted molar refractivity (Wildman–Crippen MR) is 142 cm³/mol. The first-order valence-electron chi connectivity index (χ1n) is 11.9. The zero-order valence-electron chi connectivity index (χ0n) is 21.2. The number of anilines is 1. The molecule has 2 N–H and O–H groups in total. The summed E-state index contributed by atoms with van der Waals surface area (Å²) in [5, 5.41) is 11.3. The van der Waals surface area contributed by atoms with Crippen LogP contribution in [-0.4, -0.2) is 50.8 Å². The summed E-state index contributed by atoms with van der Waals surface area (Å²) in [6.45, 7) is 3.11. The fraction of sp³-hybridized carbons (Fsp3) is 0.333. The molecule has 2 aromatic carbocycles. The Hall–Kier alpha value is -3.50. The summed E-state index contributed by atoms with van der Waals surface area (Å²) in [6.07, 6.45) is 0.137. The summed E-state index contributed by atoms with van der Waals surface area (Å²) in [7, 11) is -0.232. The Balaban J connectivity index is 1.62. The second-order valence-corrected chi connectivity index (χ2v) is 11.3. The molecule has 1 aliphatic heterocycles. The smallest absolute Gasteiger partial charge is 0.301 e. The molecule has 0 aliphatic carbocycles. The van der Waals surface area contributed by atoms with Crippen LogP contribution in [0, 0.1) is 5.82 Å². The van der Waals surface area contributed by atoms with Crippen molar-refractivity contribution in [2.24, 2.45) is 4.40 Å². The molecular weight excluding hydrogens is 495 g/mol. The fourth-order valence-electron chi connectivity index (χ4n) is 4.48. The van der Waals surface area contributed by atoms with E-state index in [-0.39, 0.29) is 24.6 Å². The van der Waals surface area contributed by atoms with Crippen LogP contribution in [-0.2, 0) is 14.8 Å². The topological polar surface area (TPSA) is 104 Å². The predicted octanol–water partition coefficient (Wildman–Crippen LogP) is 4.20. The standard InChI is InChI=1S/C27H31FN4O4S/c1-27(2)25(19-14-12-18(13-15-19)22-10-7-11-24(29-22)32(3)4)37(34,35)31-26(36-27)30-23(16-17-33)20-8-5-6-9-21(20)28/h5-15,23,25,33H,16-17H2,1-4H3,(H,30,31)/t23-,25?/m0/s1. The highest BCUT2D eigenvalue weighted by Crippen LogP contribution is 2.41. The Bertz CT molecular complexity index is 1390. The van der Waals surface area contributed by atoms with Crippen molar-refractivity contribution in [2.45, 2.75) is 37.2 Å². The van der Waals surface area contributed by atoms with Crippen molar-refractivity contribution in [3.63, 3.8) is 0 Å². The van der Waals surface area contributed by atoms with Gasteiger partial charge in [-0.05, 0) is 44.0 Å². The van der Waals surface area contributed by atoms with Crippen LogP contribution in [0.4, 0.5) is 10.2 Å². The molecule has 3 aromatic rings. The first kappa shape index (κ1) is 26.6. The van der Waals surface area contributed by atoms with E-state index in [1.807, 2.05) is 49.3 Å². The van der Waals surface area contributed by atoms with Gasteiger partial charge in [0.25, 0.3) is 10.0 Å². The minimum atomic E-state index is -4.06. The maximum Gasteiger partial charge on any atom is 0.301 e. The number of benzene rings is 2. The molecule has 2 atom stereocenters. The van der Waals surface area contributed by atoms with Crippen LogP contribution in [0.3, 0.4) is 0 Å². The van der Waals surface area contributed by atoms with Gasteiger partial charge in [0, 0.05) is 31.8 Å². The third kappa shape index (κ3) is 5.75. The summed E-state index contributed by atoms with van der Waals surface area (Å²) < 4.78 is 51.0. The highest BCUT2D eigenvalue weighted by atomic mass is 32.2. The number of aromatic nitrogens is 1. The van der Waals surface area contributed by atoms with Gasteiger partial charge in [-0.25, -0.2) is 17.8 Å². The molecule has 0 spiro atoms. The Morgan fingerprint density at radius 3 is 2.41 bits per heavy atom. The number of hydrogen-bond donors (Lipinski definition) is 2. The third-order valence-corrected chi connectivity index (χ3v) is 8.05. The Morgan fingerprint density at radius 2 is 1.78 bits per heavy atom. The lowest BCUT2D eigenvalue weighted by Crippen LogP contribution is -2.47. The van der Waals surface area contributed by atoms with Crippen LogP contribution >= 0.6 is 0 Å². The van der Waals surface area contributed by atoms with Gasteiger partial charge in [0.1, 0.15) is 22.5 Å². The number of pyridine rings is 1. The van der Waals surface area contributed by atoms with Crippen molar-refractivity contribution in [3.05, 3.63) is 83.7 Å². The molecule has 1 unspecified atom stereocenters. The second-order valence-electron chi connectivity index (χ2n) is 9.63. The van der Waals surface area contributed by atoms with Gasteiger partial charge in [-0.2, -0.15) is 0 Å². The molecule has 0 fully saturated rings. The van der Waals surface area contributed by atoms with Crippen molar-refractivity contribution in [1.29, 1.82) is 0 Å². The molecule has 0 radical (unpaired) electrons. The SMILES string of the molecule is CN(C)c1cccc(-c2ccc(C3C(C)(C)OC(N[C@@H](CCO)c4ccccc4F)=NS3(=O)=O)cc2)n1. The molecular formula is C27H31FN4O4S. The number of nitrogens with zero attached hydrogens (tertiary/aromatic N) is 3. The quantitative estimate of drug-likeness (QED) is 0.475. The molecule has 10 heteroatoms. The van der Waals surface area contributed by atoms with E-state index in [1.165, 1.54) is 6.07 Å². The number of ether oxygens (including phenoxy) is 1. The van der Waals surface area contributed by atoms with Gasteiger partial charge in [-0.15, -0.1) is 4.40 Å². The molecule has 2 heterocycles. The number of sulfonamides is 1. The van der Waals surface area contributed by atoms with E-state index in [9.17, 15) is 17.9 Å². The molecule has 0 saturated heterocycles. The zero-order chi connectivity index (χ0) is 26.8. The molecule has 37 heavy (non-hydrogen) atoms. The van der Waals surface area contributed by atoms with E-state index in [1.54, 1.807) is 44.2 Å². The lowest BCUT2D eigenvalue weighted by molar-refractivity contribution is 0.0759. The van der Waals surface area contributed by atoms with Crippen molar-refractivity contribution >= 4 is 21.9 Å². The van der Waals surface area contributed by atoms with Gasteiger partial charge >= 0.3 is 6.02 Å². The first-order valence-corrected chi connectivity index (χ1v) is 13.4. The Morgan fingerprint density at radius 1 is 1.08 bits per heavy atom. The summed E-state index contributed by atoms with van der Waals surface area (Å²) >= 11 is 0. The van der Waals surface area contributed by atoms with Crippen molar-refractivity contribution in [3.8, 4) is 11.3 Å². The average molecular weight is 527 g/mol. The lowest BCUT2D eigenvalue weighted by atomic mass is 9.96. The van der Waals surface area contributed by atoms with Crippen LogP contribution in [0.15, 0.2) is 71.1 Å². The molecule has 8 nitrogen and oxygen atoms in total. The summed E-state index contributed by atoms with van der Waals surface area (Å²) in [5.74, 6) is 0.339. The summed E-state index contributed by atoms with van der Waals surface area (Å²) in [6, 6.07) is 18.0. The number of rotatable bonds is 7. The minimum absolute atomic E-state index is 0.137. The van der Waals surface area contributed by atoms with Gasteiger partial charge in [0.2, 0.25) is 0 Å². The highest BCUT2D eigenvalue weighted by molar-refractivity contribution is 7.90. The molecule has 1 aliphatic rings. The van der Waals surface area contributed by atoms with Crippen LogP contribution in [0.1, 0.15) is 42.7 Å². The largest absolute Gasteiger partial charge is 0.457 e. The van der Waals surface area contributed by atoms with Gasteiger partial charge in [-0.3, -0.25) is 0 Å². The molecule has 4 rings (SSSR count). The maximum atomic E-state index is 14.4. The number of amidine groups is 1. The molecule has 196 valence electrons. The maximum absolute atomic E-state index is 14.4. The zero-order valence-corrected chi connectivity index (χ0v) is 22.0. The van der Waals surface area contributed by atoms with Gasteiger partial charge in [-0.1, -0.05) is 48.5 Å². The van der Waals surface area contributed by atoms with Crippen LogP contribution in [0.5, 0.6) is 0 Å². The van der Waals surface area contributed by atoms with Crippen LogP contribution in [0.25, 0.3) is 11.3 Å². The first-order chi connectivity index (χ1) is 17.5. The van der Waals surface area contributed by atoms with Crippen molar-refractivity contribution in [1.82, 2.24) is 10.3 Å². The second kappa shape index (κ2) is 10.5. The summed E-state index contributed by atoms with van der Waals surface area (Å²) in [4.78, 5) is 6.54. The van der Waals surface area contributed by atoms with Crippen molar-refractivity contribution < 1.29 is 22.7 Å². The van der Waals surface area contributed by atoms with E-state index in [0.29, 0.717) is 5.56 Å². The minimum Gasteiger partial charge on any atom is -0.457 e.